The first kappa shape index (κ1) is 25.2. The highest BCUT2D eigenvalue weighted by Gasteiger charge is 2.14. The monoisotopic (exact) mass is 488 g/mol. The van der Waals surface area contributed by atoms with Gasteiger partial charge in [0.25, 0.3) is 5.91 Å². The Morgan fingerprint density at radius 3 is 2.36 bits per heavy atom. The lowest BCUT2D eigenvalue weighted by Crippen LogP contribution is -2.38. The van der Waals surface area contributed by atoms with Crippen LogP contribution in [0.15, 0.2) is 78.9 Å². The number of para-hydroxylation sites is 1. The topological polar surface area (TPSA) is 91.9 Å². The number of carbonyl (C=O) groups is 2. The standard InChI is InChI=1S/C28H32N4O4/c33-27(29-15-6-16-32-17-19-35-20-18-32)25-9-4-5-10-26(25)31-28(34)30-23-11-13-24(14-12-23)36-21-22-7-2-1-3-8-22/h1-5,7-14H,6,15-21H2,(H,29,33)(H2,30,31,34). The van der Waals surface area contributed by atoms with Gasteiger partial charge in [-0.25, -0.2) is 4.79 Å². The van der Waals surface area contributed by atoms with Crippen LogP contribution in [-0.4, -0.2) is 56.2 Å². The van der Waals surface area contributed by atoms with Crippen molar-refractivity contribution in [3.05, 3.63) is 90.0 Å². The minimum Gasteiger partial charge on any atom is -0.489 e. The van der Waals surface area contributed by atoms with Crippen LogP contribution >= 0.6 is 0 Å². The highest BCUT2D eigenvalue weighted by atomic mass is 16.5. The van der Waals surface area contributed by atoms with E-state index in [0.29, 0.717) is 35.8 Å². The van der Waals surface area contributed by atoms with Crippen LogP contribution < -0.4 is 20.7 Å². The fourth-order valence-electron chi connectivity index (χ4n) is 3.87. The third-order valence-corrected chi connectivity index (χ3v) is 5.82. The van der Waals surface area contributed by atoms with E-state index in [1.165, 1.54) is 0 Å². The van der Waals surface area contributed by atoms with E-state index in [2.05, 4.69) is 20.9 Å². The Hall–Kier alpha value is -3.88. The summed E-state index contributed by atoms with van der Waals surface area (Å²) in [4.78, 5) is 27.6. The summed E-state index contributed by atoms with van der Waals surface area (Å²) in [6.45, 7) is 5.34. The third-order valence-electron chi connectivity index (χ3n) is 5.82. The molecule has 3 aromatic rings. The number of morpholine rings is 1. The van der Waals surface area contributed by atoms with Gasteiger partial charge in [0.2, 0.25) is 0 Å². The number of hydrogen-bond donors (Lipinski definition) is 3. The zero-order valence-corrected chi connectivity index (χ0v) is 20.2. The third kappa shape index (κ3) is 7.83. The number of rotatable bonds is 10. The molecule has 188 valence electrons. The van der Waals surface area contributed by atoms with Crippen molar-refractivity contribution in [1.82, 2.24) is 10.2 Å². The first-order valence-corrected chi connectivity index (χ1v) is 12.2. The lowest BCUT2D eigenvalue weighted by Gasteiger charge is -2.26. The normalized spacial score (nSPS) is 13.6. The summed E-state index contributed by atoms with van der Waals surface area (Å²) in [6, 6.07) is 23.6. The second-order valence-corrected chi connectivity index (χ2v) is 8.49. The maximum absolute atomic E-state index is 12.7. The van der Waals surface area contributed by atoms with Gasteiger partial charge in [-0.15, -0.1) is 0 Å². The molecule has 1 aliphatic rings. The molecule has 0 radical (unpaired) electrons. The first-order chi connectivity index (χ1) is 17.7. The highest BCUT2D eigenvalue weighted by molar-refractivity contribution is 6.06. The number of hydrogen-bond acceptors (Lipinski definition) is 5. The maximum atomic E-state index is 12.7. The van der Waals surface area contributed by atoms with Crippen molar-refractivity contribution in [2.75, 3.05) is 50.0 Å². The molecule has 3 amide bonds. The van der Waals surface area contributed by atoms with Gasteiger partial charge in [-0.1, -0.05) is 42.5 Å². The van der Waals surface area contributed by atoms with Crippen molar-refractivity contribution < 1.29 is 19.1 Å². The molecular weight excluding hydrogens is 456 g/mol. The number of anilines is 2. The number of nitrogens with zero attached hydrogens (tertiary/aromatic N) is 1. The summed E-state index contributed by atoms with van der Waals surface area (Å²) < 4.78 is 11.1. The summed E-state index contributed by atoms with van der Waals surface area (Å²) in [7, 11) is 0. The molecule has 3 N–H and O–H groups in total. The van der Waals surface area contributed by atoms with Crippen LogP contribution in [0.3, 0.4) is 0 Å². The second kappa shape index (κ2) is 13.3. The summed E-state index contributed by atoms with van der Waals surface area (Å²) in [5.74, 6) is 0.494. The van der Waals surface area contributed by atoms with Crippen molar-refractivity contribution in [1.29, 1.82) is 0 Å². The number of urea groups is 1. The minimum absolute atomic E-state index is 0.215. The van der Waals surface area contributed by atoms with Gasteiger partial charge < -0.3 is 25.4 Å². The molecule has 8 heteroatoms. The van der Waals surface area contributed by atoms with Crippen LogP contribution in [0.5, 0.6) is 5.75 Å². The average Bonchev–Trinajstić information content (AvgIpc) is 2.92. The van der Waals surface area contributed by atoms with Crippen LogP contribution in [0.25, 0.3) is 0 Å². The molecule has 0 atom stereocenters. The Balaban J connectivity index is 1.24. The van der Waals surface area contributed by atoms with Gasteiger partial charge in [0.05, 0.1) is 24.5 Å². The minimum atomic E-state index is -0.430. The summed E-state index contributed by atoms with van der Waals surface area (Å²) in [5.41, 5.74) is 2.57. The Morgan fingerprint density at radius 2 is 1.58 bits per heavy atom. The van der Waals surface area contributed by atoms with E-state index in [1.54, 1.807) is 48.5 Å². The number of carbonyl (C=O) groups excluding carboxylic acids is 2. The van der Waals surface area contributed by atoms with E-state index in [-0.39, 0.29) is 5.91 Å². The van der Waals surface area contributed by atoms with Crippen LogP contribution in [-0.2, 0) is 11.3 Å². The average molecular weight is 489 g/mol. The predicted molar refractivity (Wildman–Crippen MR) is 141 cm³/mol. The Labute approximate surface area is 211 Å². The zero-order valence-electron chi connectivity index (χ0n) is 20.2. The molecule has 8 nitrogen and oxygen atoms in total. The Bertz CT molecular complexity index is 1120. The van der Waals surface area contributed by atoms with Crippen molar-refractivity contribution in [2.45, 2.75) is 13.0 Å². The van der Waals surface area contributed by atoms with Crippen molar-refractivity contribution in [3.8, 4) is 5.75 Å². The van der Waals surface area contributed by atoms with E-state index in [0.717, 1.165) is 44.8 Å². The number of ether oxygens (including phenoxy) is 2. The van der Waals surface area contributed by atoms with Gasteiger partial charge in [-0.3, -0.25) is 9.69 Å². The molecule has 0 unspecified atom stereocenters. The van der Waals surface area contributed by atoms with Gasteiger partial charge in [0, 0.05) is 25.3 Å². The maximum Gasteiger partial charge on any atom is 0.323 e. The van der Waals surface area contributed by atoms with Crippen LogP contribution in [0.2, 0.25) is 0 Å². The molecule has 4 rings (SSSR count). The molecule has 1 heterocycles. The molecule has 1 fully saturated rings. The fraction of sp³-hybridized carbons (Fsp3) is 0.286. The lowest BCUT2D eigenvalue weighted by molar-refractivity contribution is 0.0374. The molecule has 1 aliphatic heterocycles. The van der Waals surface area contributed by atoms with Crippen molar-refractivity contribution >= 4 is 23.3 Å². The highest BCUT2D eigenvalue weighted by Crippen LogP contribution is 2.19. The van der Waals surface area contributed by atoms with Gasteiger partial charge in [-0.2, -0.15) is 0 Å². The zero-order chi connectivity index (χ0) is 25.0. The number of amides is 3. The Kier molecular flexibility index (Phi) is 9.30. The molecule has 36 heavy (non-hydrogen) atoms. The van der Waals surface area contributed by atoms with Gasteiger partial charge >= 0.3 is 6.03 Å². The SMILES string of the molecule is O=C(Nc1ccc(OCc2ccccc2)cc1)Nc1ccccc1C(=O)NCCCN1CCOCC1. The number of nitrogens with one attached hydrogen (secondary N) is 3. The number of benzene rings is 3. The van der Waals surface area contributed by atoms with Crippen LogP contribution in [0.4, 0.5) is 16.2 Å². The van der Waals surface area contributed by atoms with Gasteiger partial charge in [-0.05, 0) is 54.9 Å². The van der Waals surface area contributed by atoms with Crippen molar-refractivity contribution in [2.24, 2.45) is 0 Å². The fourth-order valence-corrected chi connectivity index (χ4v) is 3.87. The van der Waals surface area contributed by atoms with E-state index in [4.69, 9.17) is 9.47 Å². The molecule has 1 saturated heterocycles. The summed E-state index contributed by atoms with van der Waals surface area (Å²) in [5, 5.41) is 8.52. The summed E-state index contributed by atoms with van der Waals surface area (Å²) >= 11 is 0. The smallest absolute Gasteiger partial charge is 0.323 e. The van der Waals surface area contributed by atoms with E-state index in [9.17, 15) is 9.59 Å². The van der Waals surface area contributed by atoms with Crippen molar-refractivity contribution in [3.63, 3.8) is 0 Å². The predicted octanol–water partition coefficient (Wildman–Crippen LogP) is 4.36. The quantitative estimate of drug-likeness (QED) is 0.369. The van der Waals surface area contributed by atoms with E-state index >= 15 is 0 Å². The molecule has 0 bridgehead atoms. The molecular formula is C28H32N4O4. The van der Waals surface area contributed by atoms with Gasteiger partial charge in [0.15, 0.2) is 0 Å². The van der Waals surface area contributed by atoms with Gasteiger partial charge in [0.1, 0.15) is 12.4 Å². The summed E-state index contributed by atoms with van der Waals surface area (Å²) in [6.07, 6.45) is 0.854. The largest absolute Gasteiger partial charge is 0.489 e. The second-order valence-electron chi connectivity index (χ2n) is 8.49. The van der Waals surface area contributed by atoms with E-state index < -0.39 is 6.03 Å². The molecule has 0 aliphatic carbocycles. The lowest BCUT2D eigenvalue weighted by atomic mass is 10.1. The molecule has 0 spiro atoms. The molecule has 0 saturated carbocycles. The van der Waals surface area contributed by atoms with Crippen LogP contribution in [0.1, 0.15) is 22.3 Å². The van der Waals surface area contributed by atoms with Crippen LogP contribution in [0, 0.1) is 0 Å². The first-order valence-electron chi connectivity index (χ1n) is 12.2. The molecule has 3 aromatic carbocycles. The Morgan fingerprint density at radius 1 is 0.861 bits per heavy atom. The van der Waals surface area contributed by atoms with E-state index in [1.807, 2.05) is 30.3 Å². The molecule has 0 aromatic heterocycles.